The van der Waals surface area contributed by atoms with Crippen molar-refractivity contribution in [3.63, 3.8) is 0 Å². The van der Waals surface area contributed by atoms with E-state index in [4.69, 9.17) is 10.00 Å². The number of ether oxygens (including phenoxy) is 1. The van der Waals surface area contributed by atoms with Crippen LogP contribution in [-0.2, 0) is 10.8 Å². The summed E-state index contributed by atoms with van der Waals surface area (Å²) in [5.74, 6) is 1.14. The number of benzene rings is 2. The van der Waals surface area contributed by atoms with Crippen LogP contribution in [0.15, 0.2) is 53.4 Å². The van der Waals surface area contributed by atoms with Gasteiger partial charge >= 0.3 is 0 Å². The first-order chi connectivity index (χ1) is 10.2. The van der Waals surface area contributed by atoms with Crippen molar-refractivity contribution in [2.75, 3.05) is 12.4 Å². The number of para-hydroxylation sites is 1. The molecule has 0 spiro atoms. The molecule has 21 heavy (non-hydrogen) atoms. The molecule has 0 aliphatic carbocycles. The average Bonchev–Trinajstić information content (AvgIpc) is 2.51. The van der Waals surface area contributed by atoms with Crippen LogP contribution in [0.25, 0.3) is 0 Å². The highest BCUT2D eigenvalue weighted by molar-refractivity contribution is 7.85. The molecule has 0 amide bonds. The Kier molecular flexibility index (Phi) is 5.53. The van der Waals surface area contributed by atoms with E-state index in [1.807, 2.05) is 37.3 Å². The monoisotopic (exact) mass is 299 g/mol. The fourth-order valence-electron chi connectivity index (χ4n) is 1.93. The van der Waals surface area contributed by atoms with Crippen molar-refractivity contribution in [3.8, 4) is 11.8 Å². The third kappa shape index (κ3) is 4.44. The normalized spacial score (nSPS) is 11.6. The smallest absolute Gasteiger partial charge is 0.137 e. The van der Waals surface area contributed by atoms with Crippen LogP contribution in [0.3, 0.4) is 0 Å². The molecule has 2 rings (SSSR count). The molecule has 4 heteroatoms. The van der Waals surface area contributed by atoms with Gasteiger partial charge in [0.25, 0.3) is 0 Å². The summed E-state index contributed by atoms with van der Waals surface area (Å²) in [6.07, 6.45) is 0.681. The van der Waals surface area contributed by atoms with E-state index < -0.39 is 10.8 Å². The number of aryl methyl sites for hydroxylation is 1. The summed E-state index contributed by atoms with van der Waals surface area (Å²) in [4.78, 5) is 0.854. The Bertz CT molecular complexity index is 676. The lowest BCUT2D eigenvalue weighted by atomic mass is 10.2. The van der Waals surface area contributed by atoms with Crippen LogP contribution in [0.5, 0.6) is 5.75 Å². The average molecular weight is 299 g/mol. The molecule has 0 aliphatic heterocycles. The standard InChI is InChI=1S/C17H17NO2S/c1-14-6-4-8-16(12-14)21(19)11-5-10-20-17-9-3-2-7-15(17)13-18/h2-4,6-9,12H,5,10-11H2,1H3. The van der Waals surface area contributed by atoms with Crippen LogP contribution in [0.4, 0.5) is 0 Å². The van der Waals surface area contributed by atoms with Gasteiger partial charge in [-0.1, -0.05) is 24.3 Å². The lowest BCUT2D eigenvalue weighted by Crippen LogP contribution is -2.05. The van der Waals surface area contributed by atoms with Crippen molar-refractivity contribution < 1.29 is 8.95 Å². The summed E-state index contributed by atoms with van der Waals surface area (Å²) in [5.41, 5.74) is 1.64. The fraction of sp³-hybridized carbons (Fsp3) is 0.235. The topological polar surface area (TPSA) is 50.1 Å². The van der Waals surface area contributed by atoms with Crippen molar-refractivity contribution in [2.45, 2.75) is 18.2 Å². The highest BCUT2D eigenvalue weighted by atomic mass is 32.2. The second-order valence-electron chi connectivity index (χ2n) is 4.68. The van der Waals surface area contributed by atoms with Crippen molar-refractivity contribution in [2.24, 2.45) is 0 Å². The van der Waals surface area contributed by atoms with E-state index in [2.05, 4.69) is 6.07 Å². The molecule has 108 valence electrons. The molecule has 3 nitrogen and oxygen atoms in total. The highest BCUT2D eigenvalue weighted by Crippen LogP contribution is 2.17. The van der Waals surface area contributed by atoms with Crippen molar-refractivity contribution >= 4 is 10.8 Å². The molecule has 0 heterocycles. The Morgan fingerprint density at radius 2 is 2.00 bits per heavy atom. The quantitative estimate of drug-likeness (QED) is 0.768. The first-order valence-electron chi connectivity index (χ1n) is 6.77. The maximum atomic E-state index is 12.1. The SMILES string of the molecule is Cc1cccc(S(=O)CCCOc2ccccc2C#N)c1. The molecule has 0 aromatic heterocycles. The van der Waals surface area contributed by atoms with Gasteiger partial charge in [0.15, 0.2) is 0 Å². The van der Waals surface area contributed by atoms with E-state index in [0.717, 1.165) is 10.5 Å². The Morgan fingerprint density at radius 3 is 2.76 bits per heavy atom. The van der Waals surface area contributed by atoms with Gasteiger partial charge in [0.1, 0.15) is 11.8 Å². The van der Waals surface area contributed by atoms with E-state index in [1.54, 1.807) is 18.2 Å². The minimum atomic E-state index is -1.00. The number of hydrogen-bond acceptors (Lipinski definition) is 3. The van der Waals surface area contributed by atoms with Crippen molar-refractivity contribution in [1.82, 2.24) is 0 Å². The van der Waals surface area contributed by atoms with Gasteiger partial charge in [0, 0.05) is 10.6 Å². The molecule has 0 saturated carbocycles. The van der Waals surface area contributed by atoms with Crippen LogP contribution in [-0.4, -0.2) is 16.6 Å². The molecular formula is C17H17NO2S. The molecule has 0 saturated heterocycles. The third-order valence-electron chi connectivity index (χ3n) is 2.99. The van der Waals surface area contributed by atoms with Gasteiger partial charge < -0.3 is 4.74 Å². The minimum absolute atomic E-state index is 0.455. The Balaban J connectivity index is 1.82. The first kappa shape index (κ1) is 15.3. The fourth-order valence-corrected chi connectivity index (χ4v) is 3.10. The summed E-state index contributed by atoms with van der Waals surface area (Å²) >= 11 is 0. The summed E-state index contributed by atoms with van der Waals surface area (Å²) in [5, 5.41) is 8.96. The minimum Gasteiger partial charge on any atom is -0.492 e. The number of hydrogen-bond donors (Lipinski definition) is 0. The molecule has 1 atom stereocenters. The first-order valence-corrected chi connectivity index (χ1v) is 8.09. The van der Waals surface area contributed by atoms with Crippen LogP contribution in [0.1, 0.15) is 17.5 Å². The van der Waals surface area contributed by atoms with Gasteiger partial charge in [-0.3, -0.25) is 4.21 Å². The second kappa shape index (κ2) is 7.61. The summed E-state index contributed by atoms with van der Waals surface area (Å²) < 4.78 is 17.7. The molecule has 1 unspecified atom stereocenters. The molecule has 0 fully saturated rings. The summed E-state index contributed by atoms with van der Waals surface area (Å²) in [6.45, 7) is 2.44. The highest BCUT2D eigenvalue weighted by Gasteiger charge is 2.05. The van der Waals surface area contributed by atoms with E-state index in [9.17, 15) is 4.21 Å². The van der Waals surface area contributed by atoms with Crippen molar-refractivity contribution in [3.05, 3.63) is 59.7 Å². The zero-order valence-electron chi connectivity index (χ0n) is 11.9. The van der Waals surface area contributed by atoms with Crippen LogP contribution < -0.4 is 4.74 Å². The third-order valence-corrected chi connectivity index (χ3v) is 4.43. The van der Waals surface area contributed by atoms with E-state index in [1.165, 1.54) is 0 Å². The van der Waals surface area contributed by atoms with Gasteiger partial charge in [-0.25, -0.2) is 0 Å². The maximum Gasteiger partial charge on any atom is 0.137 e. The molecule has 0 aliphatic rings. The lowest BCUT2D eigenvalue weighted by molar-refractivity contribution is 0.317. The zero-order valence-corrected chi connectivity index (χ0v) is 12.7. The lowest BCUT2D eigenvalue weighted by Gasteiger charge is -2.07. The molecular weight excluding hydrogens is 282 g/mol. The Hall–Kier alpha value is -2.12. The van der Waals surface area contributed by atoms with Gasteiger partial charge in [0.2, 0.25) is 0 Å². The predicted molar refractivity (Wildman–Crippen MR) is 83.7 cm³/mol. The van der Waals surface area contributed by atoms with Gasteiger partial charge in [-0.05, 0) is 43.2 Å². The molecule has 0 radical (unpaired) electrons. The summed E-state index contributed by atoms with van der Waals surface area (Å²) in [7, 11) is -1.00. The summed E-state index contributed by atoms with van der Waals surface area (Å²) in [6, 6.07) is 17.0. The van der Waals surface area contributed by atoms with Crippen LogP contribution in [0.2, 0.25) is 0 Å². The van der Waals surface area contributed by atoms with Gasteiger partial charge in [-0.15, -0.1) is 0 Å². The molecule has 2 aromatic carbocycles. The number of rotatable bonds is 6. The van der Waals surface area contributed by atoms with E-state index >= 15 is 0 Å². The van der Waals surface area contributed by atoms with Gasteiger partial charge in [-0.2, -0.15) is 5.26 Å². The number of nitriles is 1. The van der Waals surface area contributed by atoms with E-state index in [0.29, 0.717) is 30.1 Å². The van der Waals surface area contributed by atoms with Crippen LogP contribution >= 0.6 is 0 Å². The zero-order chi connectivity index (χ0) is 15.1. The molecule has 0 bridgehead atoms. The van der Waals surface area contributed by atoms with E-state index in [-0.39, 0.29) is 0 Å². The van der Waals surface area contributed by atoms with Gasteiger partial charge in [0.05, 0.1) is 23.0 Å². The maximum absolute atomic E-state index is 12.1. The predicted octanol–water partition coefficient (Wildman–Crippen LogP) is 3.44. The largest absolute Gasteiger partial charge is 0.492 e. The van der Waals surface area contributed by atoms with Crippen molar-refractivity contribution in [1.29, 1.82) is 5.26 Å². The Morgan fingerprint density at radius 1 is 1.19 bits per heavy atom. The Labute approximate surface area is 127 Å². The molecule has 2 aromatic rings. The second-order valence-corrected chi connectivity index (χ2v) is 6.25. The number of nitrogens with zero attached hydrogens (tertiary/aromatic N) is 1. The molecule has 0 N–H and O–H groups in total. The van der Waals surface area contributed by atoms with Crippen LogP contribution in [0, 0.1) is 18.3 Å².